The number of carbonyl (C=O) groups is 2. The summed E-state index contributed by atoms with van der Waals surface area (Å²) in [5.41, 5.74) is 4.80. The van der Waals surface area contributed by atoms with Crippen LogP contribution in [0, 0.1) is 0 Å². The van der Waals surface area contributed by atoms with Crippen LogP contribution in [0.3, 0.4) is 0 Å². The number of aliphatic hydroxyl groups is 1. The summed E-state index contributed by atoms with van der Waals surface area (Å²) < 4.78 is 37.0. The summed E-state index contributed by atoms with van der Waals surface area (Å²) in [6.07, 6.45) is -4.26. The molecule has 1 aromatic heterocycles. The van der Waals surface area contributed by atoms with Gasteiger partial charge in [-0.3, -0.25) is 23.9 Å². The molecule has 230 valence electrons. The molecular weight excluding hydrogens is 568 g/mol. The summed E-state index contributed by atoms with van der Waals surface area (Å²) in [4.78, 5) is 52.1. The molecule has 3 aliphatic heterocycles. The number of para-hydroxylation sites is 1. The normalized spacial score (nSPS) is 31.7. The summed E-state index contributed by atoms with van der Waals surface area (Å²) in [6, 6.07) is 9.83. The molecule has 5 N–H and O–H groups in total. The predicted octanol–water partition coefficient (Wildman–Crippen LogP) is -0.386. The van der Waals surface area contributed by atoms with Crippen molar-refractivity contribution in [2.75, 3.05) is 12.4 Å². The molecule has 4 heterocycles. The fraction of sp³-hybridized carbons (Fsp3) is 0.500. The maximum atomic E-state index is 13.2. The van der Waals surface area contributed by atoms with E-state index in [9.17, 15) is 24.3 Å². The molecule has 2 amide bonds. The number of hydrogen-bond acceptors (Lipinski definition) is 11. The maximum absolute atomic E-state index is 13.2. The fourth-order valence-corrected chi connectivity index (χ4v) is 5.98. The number of methoxy groups -OCH3 is 1. The number of amides is 2. The highest BCUT2D eigenvalue weighted by Crippen LogP contribution is 2.46. The predicted molar refractivity (Wildman–Crippen MR) is 145 cm³/mol. The van der Waals surface area contributed by atoms with Crippen LogP contribution in [0.2, 0.25) is 0 Å². The molecule has 4 aliphatic rings. The van der Waals surface area contributed by atoms with Gasteiger partial charge in [-0.1, -0.05) is 18.2 Å². The highest BCUT2D eigenvalue weighted by molar-refractivity contribution is 6.02. The van der Waals surface area contributed by atoms with Gasteiger partial charge in [-0.25, -0.2) is 4.79 Å². The van der Waals surface area contributed by atoms with Crippen molar-refractivity contribution in [1.82, 2.24) is 9.55 Å². The number of ether oxygens (including phenoxy) is 6. The summed E-state index contributed by atoms with van der Waals surface area (Å²) in [6.45, 7) is 0. The molecule has 1 spiro atoms. The molecule has 2 unspecified atom stereocenters. The van der Waals surface area contributed by atoms with Gasteiger partial charge >= 0.3 is 5.69 Å². The van der Waals surface area contributed by atoms with E-state index in [1.807, 2.05) is 6.07 Å². The topological polar surface area (TPSA) is 203 Å². The zero-order valence-electron chi connectivity index (χ0n) is 23.1. The van der Waals surface area contributed by atoms with Gasteiger partial charge in [-0.15, -0.1) is 0 Å². The lowest BCUT2D eigenvalue weighted by molar-refractivity contribution is -0.244. The van der Waals surface area contributed by atoms with E-state index >= 15 is 0 Å². The Labute approximate surface area is 244 Å². The summed E-state index contributed by atoms with van der Waals surface area (Å²) in [5.74, 6) is -2.58. The Morgan fingerprint density at radius 1 is 1.16 bits per heavy atom. The van der Waals surface area contributed by atoms with Crippen LogP contribution in [-0.4, -0.2) is 82.3 Å². The number of anilines is 1. The maximum Gasteiger partial charge on any atom is 0.330 e. The van der Waals surface area contributed by atoms with Gasteiger partial charge in [-0.05, 0) is 31.1 Å². The monoisotopic (exact) mass is 600 g/mol. The first-order chi connectivity index (χ1) is 20.7. The number of aliphatic hydroxyl groups excluding tert-OH is 1. The van der Waals surface area contributed by atoms with Gasteiger partial charge < -0.3 is 44.6 Å². The Morgan fingerprint density at radius 2 is 1.91 bits per heavy atom. The molecule has 1 aromatic carbocycles. The molecule has 1 saturated carbocycles. The lowest BCUT2D eigenvalue weighted by Gasteiger charge is -2.35. The lowest BCUT2D eigenvalue weighted by Crippen LogP contribution is -2.53. The van der Waals surface area contributed by atoms with Crippen molar-refractivity contribution >= 4 is 17.5 Å². The summed E-state index contributed by atoms with van der Waals surface area (Å²) >= 11 is 0. The average molecular weight is 601 g/mol. The van der Waals surface area contributed by atoms with Crippen LogP contribution in [-0.2, 0) is 38.0 Å². The van der Waals surface area contributed by atoms with Crippen LogP contribution in [0.4, 0.5) is 5.69 Å². The summed E-state index contributed by atoms with van der Waals surface area (Å²) in [7, 11) is 1.28. The highest BCUT2D eigenvalue weighted by atomic mass is 16.8. The smallest absolute Gasteiger partial charge is 0.330 e. The van der Waals surface area contributed by atoms with E-state index in [0.717, 1.165) is 29.7 Å². The quantitative estimate of drug-likeness (QED) is 0.307. The number of aromatic nitrogens is 2. The Bertz CT molecular complexity index is 1500. The van der Waals surface area contributed by atoms with E-state index in [-0.39, 0.29) is 5.76 Å². The van der Waals surface area contributed by atoms with Crippen molar-refractivity contribution in [3.8, 4) is 0 Å². The first-order valence-electron chi connectivity index (χ1n) is 13.9. The van der Waals surface area contributed by atoms with Crippen LogP contribution < -0.4 is 22.3 Å². The molecule has 0 bridgehead atoms. The molecule has 0 radical (unpaired) electrons. The Kier molecular flexibility index (Phi) is 7.93. The molecule has 8 atom stereocenters. The molecule has 2 saturated heterocycles. The van der Waals surface area contributed by atoms with E-state index in [4.69, 9.17) is 34.2 Å². The van der Waals surface area contributed by atoms with Crippen molar-refractivity contribution in [3.05, 3.63) is 75.3 Å². The molecule has 2 aromatic rings. The van der Waals surface area contributed by atoms with Gasteiger partial charge in [0.15, 0.2) is 30.0 Å². The molecule has 15 nitrogen and oxygen atoms in total. The zero-order chi connectivity index (χ0) is 30.3. The second-order valence-corrected chi connectivity index (χ2v) is 10.8. The number of nitrogens with two attached hydrogens (primary N) is 1. The SMILES string of the molecule is CO[C@H]1C(O)[C@H](n2ccc(=O)[nH]c2=O)OC1[C@@H](O[C@H]1OC(C(=O)Nc2ccccc2)=C[C@@H]2OC3(CCCC3)O[C@H]12)C(N)=O. The first-order valence-corrected chi connectivity index (χ1v) is 13.9. The number of hydrogen-bond donors (Lipinski definition) is 4. The van der Waals surface area contributed by atoms with Crippen molar-refractivity contribution in [2.24, 2.45) is 5.73 Å². The molecular formula is C28H32N4O11. The molecule has 3 fully saturated rings. The zero-order valence-corrected chi connectivity index (χ0v) is 23.1. The highest BCUT2D eigenvalue weighted by Gasteiger charge is 2.57. The van der Waals surface area contributed by atoms with Crippen LogP contribution in [0.5, 0.6) is 0 Å². The van der Waals surface area contributed by atoms with Crippen molar-refractivity contribution in [2.45, 2.75) is 80.6 Å². The minimum Gasteiger partial charge on any atom is -0.456 e. The van der Waals surface area contributed by atoms with E-state index in [1.165, 1.54) is 13.2 Å². The number of carbonyl (C=O) groups excluding carboxylic acids is 2. The van der Waals surface area contributed by atoms with Crippen LogP contribution >= 0.6 is 0 Å². The number of rotatable bonds is 8. The third-order valence-corrected chi connectivity index (χ3v) is 7.98. The summed E-state index contributed by atoms with van der Waals surface area (Å²) in [5, 5.41) is 13.7. The number of nitrogens with one attached hydrogen (secondary N) is 2. The van der Waals surface area contributed by atoms with Crippen molar-refractivity contribution < 1.29 is 43.1 Å². The van der Waals surface area contributed by atoms with Gasteiger partial charge in [0.2, 0.25) is 12.2 Å². The van der Waals surface area contributed by atoms with Gasteiger partial charge in [0, 0.05) is 37.9 Å². The first kappa shape index (κ1) is 29.2. The number of nitrogens with zero attached hydrogens (tertiary/aromatic N) is 1. The minimum atomic E-state index is -1.60. The third kappa shape index (κ3) is 5.62. The van der Waals surface area contributed by atoms with Crippen LogP contribution in [0.15, 0.2) is 64.0 Å². The number of benzene rings is 1. The van der Waals surface area contributed by atoms with E-state index in [2.05, 4.69) is 10.3 Å². The molecule has 6 rings (SSSR count). The van der Waals surface area contributed by atoms with Crippen molar-refractivity contribution in [1.29, 1.82) is 0 Å². The number of aromatic amines is 1. The standard InChI is InChI=1S/C28H32N4O11/c1-38-20-18(34)25(32-12-9-17(33)31-27(32)37)40-21(20)22(23(29)35)41-26-19-15(42-28(43-19)10-5-6-11-28)13-16(39-26)24(36)30-14-7-3-2-4-8-14/h2-4,7-9,12-13,15,18-22,25-26,34H,5-6,10-11H2,1H3,(H2,29,35)(H,30,36)(H,31,33,37)/t15-,18?,19-,20-,21?,22+,25+,26+/m0/s1. The second-order valence-electron chi connectivity index (χ2n) is 10.8. The number of fused-ring (bicyclic) bond motifs is 1. The van der Waals surface area contributed by atoms with E-state index in [0.29, 0.717) is 18.5 Å². The molecule has 1 aliphatic carbocycles. The fourth-order valence-electron chi connectivity index (χ4n) is 5.98. The van der Waals surface area contributed by atoms with Gasteiger partial charge in [0.05, 0.1) is 0 Å². The molecule has 15 heteroatoms. The second kappa shape index (κ2) is 11.7. The Morgan fingerprint density at radius 3 is 2.58 bits per heavy atom. The Balaban J connectivity index is 1.28. The third-order valence-electron chi connectivity index (χ3n) is 7.98. The largest absolute Gasteiger partial charge is 0.456 e. The van der Waals surface area contributed by atoms with Gasteiger partial charge in [0.1, 0.15) is 24.4 Å². The van der Waals surface area contributed by atoms with E-state index in [1.54, 1.807) is 24.3 Å². The minimum absolute atomic E-state index is 0.120. The van der Waals surface area contributed by atoms with Crippen LogP contribution in [0.1, 0.15) is 31.9 Å². The van der Waals surface area contributed by atoms with E-state index < -0.39 is 78.0 Å². The van der Waals surface area contributed by atoms with Crippen LogP contribution in [0.25, 0.3) is 0 Å². The molecule has 43 heavy (non-hydrogen) atoms. The Hall–Kier alpha value is -3.86. The lowest BCUT2D eigenvalue weighted by atomic mass is 10.0. The number of H-pyrrole nitrogens is 1. The number of primary amides is 1. The average Bonchev–Trinajstić information content (AvgIpc) is 3.68. The van der Waals surface area contributed by atoms with Gasteiger partial charge in [0.25, 0.3) is 11.5 Å². The van der Waals surface area contributed by atoms with Gasteiger partial charge in [-0.2, -0.15) is 0 Å². The van der Waals surface area contributed by atoms with Crippen molar-refractivity contribution in [3.63, 3.8) is 0 Å².